The van der Waals surface area contributed by atoms with Crippen LogP contribution < -0.4 is 4.90 Å². The fraction of sp³-hybridized carbons (Fsp3) is 0.464. The van der Waals surface area contributed by atoms with Gasteiger partial charge >= 0.3 is 0 Å². The van der Waals surface area contributed by atoms with Crippen LogP contribution in [0.5, 0.6) is 0 Å². The van der Waals surface area contributed by atoms with E-state index in [0.717, 1.165) is 27.8 Å². The number of aromatic nitrogens is 3. The minimum Gasteiger partial charge on any atom is -0.396 e. The lowest BCUT2D eigenvalue weighted by molar-refractivity contribution is -0.139. The number of carbonyl (C=O) groups is 1. The molecule has 8 heteroatoms. The van der Waals surface area contributed by atoms with Gasteiger partial charge in [-0.3, -0.25) is 9.48 Å². The van der Waals surface area contributed by atoms with Crippen LogP contribution in [0.25, 0.3) is 0 Å². The average molecular weight is 605 g/mol. The highest BCUT2D eigenvalue weighted by Gasteiger charge is 2.52. The lowest BCUT2D eigenvalue weighted by Gasteiger charge is -2.27. The van der Waals surface area contributed by atoms with E-state index in [0.29, 0.717) is 31.5 Å². The molecular weight excluding hydrogens is 567 g/mol. The van der Waals surface area contributed by atoms with Crippen LogP contribution in [0.4, 0.5) is 5.69 Å². The second kappa shape index (κ2) is 12.8. The zero-order valence-electron chi connectivity index (χ0n) is 21.6. The van der Waals surface area contributed by atoms with E-state index in [-0.39, 0.29) is 12.5 Å². The Morgan fingerprint density at radius 3 is 2.72 bits per heavy atom. The van der Waals surface area contributed by atoms with Crippen molar-refractivity contribution in [3.8, 4) is 0 Å². The van der Waals surface area contributed by atoms with Gasteiger partial charge in [0, 0.05) is 47.4 Å². The van der Waals surface area contributed by atoms with Gasteiger partial charge in [-0.25, -0.2) is 0 Å². The first-order valence-electron chi connectivity index (χ1n) is 12.5. The van der Waals surface area contributed by atoms with Crippen LogP contribution in [-0.4, -0.2) is 44.3 Å². The maximum absolute atomic E-state index is 13.6. The topological polar surface area (TPSA) is 91.5 Å². The summed E-state index contributed by atoms with van der Waals surface area (Å²) in [4.78, 5) is 15.3. The summed E-state index contributed by atoms with van der Waals surface area (Å²) in [5.41, 5.74) is 3.12. The molecule has 3 rings (SSSR count). The molecule has 194 valence electrons. The van der Waals surface area contributed by atoms with Crippen LogP contribution in [0.1, 0.15) is 58.2 Å². The van der Waals surface area contributed by atoms with Crippen molar-refractivity contribution in [2.45, 2.75) is 65.5 Å². The molecule has 1 aliphatic rings. The van der Waals surface area contributed by atoms with E-state index in [1.54, 1.807) is 9.58 Å². The number of halogens is 1. The van der Waals surface area contributed by atoms with Gasteiger partial charge in [-0.1, -0.05) is 47.6 Å². The molecular formula is C28H37IN4O3. The van der Waals surface area contributed by atoms with Gasteiger partial charge in [-0.2, -0.15) is 0 Å². The monoisotopic (exact) mass is 604 g/mol. The van der Waals surface area contributed by atoms with Crippen molar-refractivity contribution in [2.24, 2.45) is 5.92 Å². The zero-order chi connectivity index (χ0) is 26.3. The van der Waals surface area contributed by atoms with Crippen LogP contribution in [0.2, 0.25) is 0 Å². The molecule has 0 fully saturated rings. The maximum atomic E-state index is 13.6. The molecule has 0 saturated carbocycles. The number of aliphatic hydroxyl groups excluding tert-OH is 1. The summed E-state index contributed by atoms with van der Waals surface area (Å²) in [6.45, 7) is 9.29. The van der Waals surface area contributed by atoms with E-state index < -0.39 is 11.5 Å². The number of rotatable bonds is 12. The third-order valence-electron chi connectivity index (χ3n) is 6.51. The van der Waals surface area contributed by atoms with E-state index in [9.17, 15) is 9.90 Å². The molecule has 0 aliphatic carbocycles. The molecule has 2 atom stereocenters. The number of aryl methyl sites for hydroxylation is 1. The SMILES string of the molecule is CC(C)=CCC/C(C)=C/CN1C(=O)[C@@](O)([C@@H](C)/C=C/CCn2cc(CCO)nn2)c2cc(I)ccc21. The van der Waals surface area contributed by atoms with Crippen LogP contribution >= 0.6 is 22.6 Å². The Kier molecular flexibility index (Phi) is 10.0. The molecule has 2 N–H and O–H groups in total. The number of anilines is 1. The Bertz CT molecular complexity index is 1150. The number of allylic oxidation sites excluding steroid dienone is 4. The van der Waals surface area contributed by atoms with Crippen LogP contribution in [0.15, 0.2) is 59.8 Å². The van der Waals surface area contributed by atoms with Gasteiger partial charge in [-0.05, 0) is 80.8 Å². The van der Waals surface area contributed by atoms with Crippen molar-refractivity contribution in [1.29, 1.82) is 0 Å². The van der Waals surface area contributed by atoms with Gasteiger partial charge < -0.3 is 15.1 Å². The first-order chi connectivity index (χ1) is 17.2. The number of fused-ring (bicyclic) bond motifs is 1. The molecule has 1 aromatic heterocycles. The fourth-order valence-electron chi connectivity index (χ4n) is 4.36. The summed E-state index contributed by atoms with van der Waals surface area (Å²) in [7, 11) is 0. The second-order valence-electron chi connectivity index (χ2n) is 9.67. The normalized spacial score (nSPS) is 18.7. The standard InChI is InChI=1S/C28H37IN4O3/c1-20(2)8-7-9-21(3)13-16-33-26-12-11-23(29)18-25(26)28(36,27(33)35)22(4)10-5-6-15-32-19-24(14-17-34)30-31-32/h5,8,10-13,18-19,22,34,36H,6-7,9,14-17H2,1-4H3/b10-5+,21-13+/t22-,28+/m0/s1. The molecule has 0 saturated heterocycles. The van der Waals surface area contributed by atoms with Gasteiger partial charge in [-0.15, -0.1) is 5.10 Å². The van der Waals surface area contributed by atoms with Crippen LogP contribution in [0.3, 0.4) is 0 Å². The van der Waals surface area contributed by atoms with E-state index in [1.165, 1.54) is 11.1 Å². The third-order valence-corrected chi connectivity index (χ3v) is 7.18. The summed E-state index contributed by atoms with van der Waals surface area (Å²) < 4.78 is 2.72. The highest BCUT2D eigenvalue weighted by atomic mass is 127. The molecule has 0 spiro atoms. The molecule has 1 aromatic carbocycles. The largest absolute Gasteiger partial charge is 0.396 e. The van der Waals surface area contributed by atoms with Gasteiger partial charge in [0.2, 0.25) is 0 Å². The molecule has 0 unspecified atom stereocenters. The molecule has 0 radical (unpaired) electrons. The quantitative estimate of drug-likeness (QED) is 0.265. The maximum Gasteiger partial charge on any atom is 0.264 e. The number of aliphatic hydroxyl groups is 2. The molecule has 1 amide bonds. The van der Waals surface area contributed by atoms with E-state index in [4.69, 9.17) is 5.11 Å². The van der Waals surface area contributed by atoms with Gasteiger partial charge in [0.05, 0.1) is 11.4 Å². The highest BCUT2D eigenvalue weighted by Crippen LogP contribution is 2.45. The fourth-order valence-corrected chi connectivity index (χ4v) is 4.85. The van der Waals surface area contributed by atoms with Crippen molar-refractivity contribution in [2.75, 3.05) is 18.1 Å². The predicted octanol–water partition coefficient (Wildman–Crippen LogP) is 4.93. The molecule has 7 nitrogen and oxygen atoms in total. The first-order valence-corrected chi connectivity index (χ1v) is 13.5. The lowest BCUT2D eigenvalue weighted by atomic mass is 9.83. The molecule has 2 aromatic rings. The van der Waals surface area contributed by atoms with E-state index in [2.05, 4.69) is 65.8 Å². The summed E-state index contributed by atoms with van der Waals surface area (Å²) in [5, 5.41) is 28.9. The van der Waals surface area contributed by atoms with Crippen molar-refractivity contribution in [3.05, 3.63) is 74.7 Å². The van der Waals surface area contributed by atoms with E-state index in [1.807, 2.05) is 43.5 Å². The molecule has 1 aliphatic heterocycles. The lowest BCUT2D eigenvalue weighted by Crippen LogP contribution is -2.44. The Morgan fingerprint density at radius 1 is 1.22 bits per heavy atom. The summed E-state index contributed by atoms with van der Waals surface area (Å²) in [5.74, 6) is -0.690. The minimum absolute atomic E-state index is 0.0470. The predicted molar refractivity (Wildman–Crippen MR) is 152 cm³/mol. The average Bonchev–Trinajstić information content (AvgIpc) is 3.36. The number of nitrogens with zero attached hydrogens (tertiary/aromatic N) is 4. The van der Waals surface area contributed by atoms with Gasteiger partial charge in [0.1, 0.15) is 0 Å². The minimum atomic E-state index is -1.61. The summed E-state index contributed by atoms with van der Waals surface area (Å²) >= 11 is 2.22. The number of carbonyl (C=O) groups excluding carboxylic acids is 1. The van der Waals surface area contributed by atoms with Gasteiger partial charge in [0.15, 0.2) is 5.60 Å². The first kappa shape index (κ1) is 28.3. The summed E-state index contributed by atoms with van der Waals surface area (Å²) in [6, 6.07) is 5.83. The molecule has 0 bridgehead atoms. The second-order valence-corrected chi connectivity index (χ2v) is 10.9. The molecule has 36 heavy (non-hydrogen) atoms. The number of hydrogen-bond donors (Lipinski definition) is 2. The van der Waals surface area contributed by atoms with Crippen molar-refractivity contribution < 1.29 is 15.0 Å². The molecule has 2 heterocycles. The summed E-state index contributed by atoms with van der Waals surface area (Å²) in [6.07, 6.45) is 13.1. The van der Waals surface area contributed by atoms with Crippen molar-refractivity contribution in [1.82, 2.24) is 15.0 Å². The Balaban J connectivity index is 1.72. The Labute approximate surface area is 227 Å². The number of hydrogen-bond acceptors (Lipinski definition) is 5. The smallest absolute Gasteiger partial charge is 0.264 e. The Hall–Kier alpha value is -2.30. The van der Waals surface area contributed by atoms with Crippen molar-refractivity contribution in [3.63, 3.8) is 0 Å². The Morgan fingerprint density at radius 2 is 2.00 bits per heavy atom. The number of amides is 1. The zero-order valence-corrected chi connectivity index (χ0v) is 23.8. The highest BCUT2D eigenvalue weighted by molar-refractivity contribution is 14.1. The van der Waals surface area contributed by atoms with Crippen LogP contribution in [0, 0.1) is 9.49 Å². The third kappa shape index (κ3) is 6.72. The van der Waals surface area contributed by atoms with E-state index >= 15 is 0 Å². The van der Waals surface area contributed by atoms with Gasteiger partial charge in [0.25, 0.3) is 5.91 Å². The van der Waals surface area contributed by atoms with Crippen molar-refractivity contribution >= 4 is 34.2 Å². The number of benzene rings is 1. The van der Waals surface area contributed by atoms with Crippen LogP contribution in [-0.2, 0) is 23.4 Å².